The molecule has 1 fully saturated rings. The molecule has 1 aromatic carbocycles. The van der Waals surface area contributed by atoms with E-state index >= 15 is 0 Å². The number of hydrogen-bond acceptors (Lipinski definition) is 1. The SMILES string of the molecule is O=C(c1cc(C(F)(F)F)ccc1Br)N1CCC(Cl)CC1. The van der Waals surface area contributed by atoms with Gasteiger partial charge in [-0.2, -0.15) is 13.2 Å². The summed E-state index contributed by atoms with van der Waals surface area (Å²) < 4.78 is 38.5. The number of rotatable bonds is 1. The Kier molecular flexibility index (Phi) is 4.64. The van der Waals surface area contributed by atoms with E-state index in [1.807, 2.05) is 0 Å². The zero-order valence-electron chi connectivity index (χ0n) is 10.4. The van der Waals surface area contributed by atoms with Crippen LogP contribution in [-0.4, -0.2) is 29.3 Å². The van der Waals surface area contributed by atoms with Gasteiger partial charge in [-0.1, -0.05) is 0 Å². The monoisotopic (exact) mass is 369 g/mol. The van der Waals surface area contributed by atoms with E-state index in [-0.39, 0.29) is 10.9 Å². The van der Waals surface area contributed by atoms with E-state index in [0.29, 0.717) is 30.4 Å². The van der Waals surface area contributed by atoms with Crippen molar-refractivity contribution < 1.29 is 18.0 Å². The van der Waals surface area contributed by atoms with Gasteiger partial charge in [0.05, 0.1) is 11.1 Å². The van der Waals surface area contributed by atoms with Gasteiger partial charge in [0.25, 0.3) is 5.91 Å². The standard InChI is InChI=1S/C13H12BrClF3NO/c14-11-2-1-8(13(16,17)18)7-10(11)12(20)19-5-3-9(15)4-6-19/h1-2,7,9H,3-6H2. The number of carbonyl (C=O) groups is 1. The molecule has 7 heteroatoms. The van der Waals surface area contributed by atoms with Gasteiger partial charge in [0.2, 0.25) is 0 Å². The lowest BCUT2D eigenvalue weighted by Gasteiger charge is -2.29. The molecule has 1 aromatic rings. The van der Waals surface area contributed by atoms with Crippen molar-refractivity contribution in [2.75, 3.05) is 13.1 Å². The Morgan fingerprint density at radius 3 is 2.45 bits per heavy atom. The first-order valence-electron chi connectivity index (χ1n) is 6.09. The minimum atomic E-state index is -4.46. The van der Waals surface area contributed by atoms with Crippen molar-refractivity contribution in [3.8, 4) is 0 Å². The number of benzene rings is 1. The van der Waals surface area contributed by atoms with Crippen LogP contribution in [0.25, 0.3) is 0 Å². The van der Waals surface area contributed by atoms with Crippen molar-refractivity contribution in [3.63, 3.8) is 0 Å². The third-order valence-electron chi connectivity index (χ3n) is 3.24. The molecule has 0 saturated carbocycles. The van der Waals surface area contributed by atoms with Crippen LogP contribution in [-0.2, 0) is 6.18 Å². The first kappa shape index (κ1) is 15.6. The lowest BCUT2D eigenvalue weighted by Crippen LogP contribution is -2.39. The summed E-state index contributed by atoms with van der Waals surface area (Å²) in [6.45, 7) is 0.936. The molecule has 2 nitrogen and oxygen atoms in total. The molecule has 0 aromatic heterocycles. The number of likely N-dealkylation sites (tertiary alicyclic amines) is 1. The molecule has 20 heavy (non-hydrogen) atoms. The Bertz CT molecular complexity index is 513. The highest BCUT2D eigenvalue weighted by Gasteiger charge is 2.32. The van der Waals surface area contributed by atoms with E-state index in [2.05, 4.69) is 15.9 Å². The number of carbonyl (C=O) groups excluding carboxylic acids is 1. The van der Waals surface area contributed by atoms with E-state index in [0.717, 1.165) is 12.1 Å². The Balaban J connectivity index is 2.25. The van der Waals surface area contributed by atoms with Crippen LogP contribution >= 0.6 is 27.5 Å². The Labute approximate surface area is 128 Å². The number of amides is 1. The number of hydrogen-bond donors (Lipinski definition) is 0. The fraction of sp³-hybridized carbons (Fsp3) is 0.462. The van der Waals surface area contributed by atoms with Crippen LogP contribution in [0.4, 0.5) is 13.2 Å². The maximum atomic E-state index is 12.7. The Morgan fingerprint density at radius 1 is 1.30 bits per heavy atom. The quantitative estimate of drug-likeness (QED) is 0.675. The molecule has 1 aliphatic rings. The van der Waals surface area contributed by atoms with Crippen molar-refractivity contribution in [1.29, 1.82) is 0 Å². The lowest BCUT2D eigenvalue weighted by atomic mass is 10.1. The van der Waals surface area contributed by atoms with Gasteiger partial charge in [0.1, 0.15) is 0 Å². The van der Waals surface area contributed by atoms with Gasteiger partial charge in [-0.25, -0.2) is 0 Å². The fourth-order valence-corrected chi connectivity index (χ4v) is 2.70. The number of nitrogens with zero attached hydrogens (tertiary/aromatic N) is 1. The van der Waals surface area contributed by atoms with E-state index in [1.54, 1.807) is 4.90 Å². The van der Waals surface area contributed by atoms with Gasteiger partial charge in [-0.3, -0.25) is 4.79 Å². The van der Waals surface area contributed by atoms with Crippen LogP contribution in [0.3, 0.4) is 0 Å². The number of alkyl halides is 4. The van der Waals surface area contributed by atoms with Crippen molar-refractivity contribution in [1.82, 2.24) is 4.90 Å². The maximum absolute atomic E-state index is 12.7. The number of piperidine rings is 1. The van der Waals surface area contributed by atoms with Gasteiger partial charge in [-0.15, -0.1) is 11.6 Å². The summed E-state index contributed by atoms with van der Waals surface area (Å²) in [4.78, 5) is 13.8. The van der Waals surface area contributed by atoms with Gasteiger partial charge in [0.15, 0.2) is 0 Å². The van der Waals surface area contributed by atoms with E-state index in [4.69, 9.17) is 11.6 Å². The highest BCUT2D eigenvalue weighted by molar-refractivity contribution is 9.10. The molecular formula is C13H12BrClF3NO. The molecule has 1 heterocycles. The molecule has 110 valence electrons. The molecule has 0 bridgehead atoms. The summed E-state index contributed by atoms with van der Waals surface area (Å²) in [7, 11) is 0. The fourth-order valence-electron chi connectivity index (χ4n) is 2.09. The van der Waals surface area contributed by atoms with Crippen LogP contribution in [0, 0.1) is 0 Å². The summed E-state index contributed by atoms with van der Waals surface area (Å²) in [6.07, 6.45) is -3.15. The van der Waals surface area contributed by atoms with Crippen LogP contribution in [0.5, 0.6) is 0 Å². The van der Waals surface area contributed by atoms with Crippen molar-refractivity contribution in [2.24, 2.45) is 0 Å². The van der Waals surface area contributed by atoms with Crippen molar-refractivity contribution >= 4 is 33.4 Å². The molecule has 1 saturated heterocycles. The smallest absolute Gasteiger partial charge is 0.339 e. The normalized spacial score (nSPS) is 17.4. The third-order valence-corrected chi connectivity index (χ3v) is 4.36. The van der Waals surface area contributed by atoms with Crippen molar-refractivity contribution in [2.45, 2.75) is 24.4 Å². The Hall–Kier alpha value is -0.750. The largest absolute Gasteiger partial charge is 0.416 e. The van der Waals surface area contributed by atoms with Crippen LogP contribution in [0.1, 0.15) is 28.8 Å². The van der Waals surface area contributed by atoms with Gasteiger partial charge < -0.3 is 4.90 Å². The molecule has 2 rings (SSSR count). The molecule has 0 unspecified atom stereocenters. The molecule has 0 spiro atoms. The molecule has 0 aliphatic carbocycles. The summed E-state index contributed by atoms with van der Waals surface area (Å²) in [5.41, 5.74) is -0.788. The predicted octanol–water partition coefficient (Wildman–Crippen LogP) is 4.31. The third kappa shape index (κ3) is 3.47. The zero-order valence-corrected chi connectivity index (χ0v) is 12.7. The van der Waals surface area contributed by atoms with Crippen LogP contribution < -0.4 is 0 Å². The topological polar surface area (TPSA) is 20.3 Å². The molecule has 1 aliphatic heterocycles. The second-order valence-corrected chi connectivity index (χ2v) is 6.13. The molecule has 0 atom stereocenters. The first-order chi connectivity index (χ1) is 9.29. The Morgan fingerprint density at radius 2 is 1.90 bits per heavy atom. The van der Waals surface area contributed by atoms with Crippen LogP contribution in [0.2, 0.25) is 0 Å². The lowest BCUT2D eigenvalue weighted by molar-refractivity contribution is -0.137. The summed E-state index contributed by atoms with van der Waals surface area (Å²) in [6, 6.07) is 3.09. The first-order valence-corrected chi connectivity index (χ1v) is 7.32. The minimum absolute atomic E-state index is 0.0315. The zero-order chi connectivity index (χ0) is 14.9. The van der Waals surface area contributed by atoms with Gasteiger partial charge >= 0.3 is 6.18 Å². The van der Waals surface area contributed by atoms with E-state index < -0.39 is 17.6 Å². The van der Waals surface area contributed by atoms with E-state index in [9.17, 15) is 18.0 Å². The predicted molar refractivity (Wildman–Crippen MR) is 73.9 cm³/mol. The molecular weight excluding hydrogens is 359 g/mol. The summed E-state index contributed by atoms with van der Waals surface area (Å²) in [5.74, 6) is -0.397. The second kappa shape index (κ2) is 5.93. The maximum Gasteiger partial charge on any atom is 0.416 e. The minimum Gasteiger partial charge on any atom is -0.339 e. The molecule has 0 radical (unpaired) electrons. The second-order valence-electron chi connectivity index (χ2n) is 4.66. The van der Waals surface area contributed by atoms with Gasteiger partial charge in [-0.05, 0) is 47.0 Å². The molecule has 1 amide bonds. The van der Waals surface area contributed by atoms with E-state index in [1.165, 1.54) is 6.07 Å². The summed E-state index contributed by atoms with van der Waals surface area (Å²) >= 11 is 9.09. The van der Waals surface area contributed by atoms with Gasteiger partial charge in [0, 0.05) is 22.9 Å². The number of halogens is 5. The van der Waals surface area contributed by atoms with Crippen LogP contribution in [0.15, 0.2) is 22.7 Å². The highest BCUT2D eigenvalue weighted by Crippen LogP contribution is 2.32. The van der Waals surface area contributed by atoms with Crippen molar-refractivity contribution in [3.05, 3.63) is 33.8 Å². The highest BCUT2D eigenvalue weighted by atomic mass is 79.9. The molecule has 0 N–H and O–H groups in total. The summed E-state index contributed by atoms with van der Waals surface area (Å²) in [5, 5.41) is 0.0315. The average Bonchev–Trinajstić information content (AvgIpc) is 2.38. The average molecular weight is 371 g/mol.